The van der Waals surface area contributed by atoms with Gasteiger partial charge in [0.1, 0.15) is 11.5 Å². The molecule has 5 nitrogen and oxygen atoms in total. The third kappa shape index (κ3) is 3.49. The van der Waals surface area contributed by atoms with Crippen LogP contribution in [0.2, 0.25) is 5.02 Å². The molecule has 2 N–H and O–H groups in total. The third-order valence-corrected chi connectivity index (χ3v) is 2.30. The van der Waals surface area contributed by atoms with E-state index in [-0.39, 0.29) is 10.6 Å². The van der Waals surface area contributed by atoms with Crippen LogP contribution < -0.4 is 4.74 Å². The SMILES string of the molecule is CCOc1ccc(/C(O)=C/C(=O)C(=O)O)cc1Cl. The lowest BCUT2D eigenvalue weighted by atomic mass is 10.1. The van der Waals surface area contributed by atoms with Gasteiger partial charge in [-0.3, -0.25) is 4.79 Å². The van der Waals surface area contributed by atoms with Crippen molar-refractivity contribution in [3.63, 3.8) is 0 Å². The van der Waals surface area contributed by atoms with Crippen LogP contribution in [0.3, 0.4) is 0 Å². The largest absolute Gasteiger partial charge is 0.507 e. The summed E-state index contributed by atoms with van der Waals surface area (Å²) in [4.78, 5) is 21.2. The van der Waals surface area contributed by atoms with Crippen LogP contribution in [0, 0.1) is 0 Å². The Bertz CT molecular complexity index is 507. The molecule has 18 heavy (non-hydrogen) atoms. The van der Waals surface area contributed by atoms with E-state index in [4.69, 9.17) is 21.4 Å². The average molecular weight is 271 g/mol. The summed E-state index contributed by atoms with van der Waals surface area (Å²) in [6, 6.07) is 4.38. The number of rotatable bonds is 5. The van der Waals surface area contributed by atoms with Gasteiger partial charge in [0.15, 0.2) is 0 Å². The molecule has 0 saturated heterocycles. The summed E-state index contributed by atoms with van der Waals surface area (Å²) in [5, 5.41) is 18.2. The summed E-state index contributed by atoms with van der Waals surface area (Å²) in [5.74, 6) is -2.87. The van der Waals surface area contributed by atoms with Gasteiger partial charge < -0.3 is 14.9 Å². The van der Waals surface area contributed by atoms with Crippen molar-refractivity contribution >= 4 is 29.1 Å². The summed E-state index contributed by atoms with van der Waals surface area (Å²) in [6.45, 7) is 2.24. The van der Waals surface area contributed by atoms with E-state index in [1.54, 1.807) is 6.92 Å². The molecule has 96 valence electrons. The Morgan fingerprint density at radius 2 is 2.06 bits per heavy atom. The predicted molar refractivity (Wildman–Crippen MR) is 65.9 cm³/mol. The van der Waals surface area contributed by atoms with Crippen LogP contribution in [0.5, 0.6) is 5.75 Å². The van der Waals surface area contributed by atoms with Gasteiger partial charge in [-0.15, -0.1) is 0 Å². The standard InChI is InChI=1S/C12H11ClO5/c1-2-18-11-4-3-7(5-8(11)13)9(14)6-10(15)12(16)17/h3-6,14H,2H2,1H3,(H,16,17)/b9-6-. The molecular weight excluding hydrogens is 260 g/mol. The number of aliphatic hydroxyl groups excluding tert-OH is 1. The second-order valence-corrected chi connectivity index (χ2v) is 3.68. The van der Waals surface area contributed by atoms with Gasteiger partial charge in [0, 0.05) is 11.6 Å². The van der Waals surface area contributed by atoms with Crippen LogP contribution in [-0.4, -0.2) is 28.6 Å². The minimum Gasteiger partial charge on any atom is -0.507 e. The number of carbonyl (C=O) groups is 2. The number of ether oxygens (including phenoxy) is 1. The lowest BCUT2D eigenvalue weighted by molar-refractivity contribution is -0.146. The van der Waals surface area contributed by atoms with E-state index in [1.165, 1.54) is 18.2 Å². The average Bonchev–Trinajstić information content (AvgIpc) is 2.31. The molecule has 0 heterocycles. The second-order valence-electron chi connectivity index (χ2n) is 3.28. The van der Waals surface area contributed by atoms with E-state index < -0.39 is 17.5 Å². The zero-order valence-corrected chi connectivity index (χ0v) is 10.3. The van der Waals surface area contributed by atoms with Crippen molar-refractivity contribution in [2.45, 2.75) is 6.92 Å². The zero-order valence-electron chi connectivity index (χ0n) is 9.51. The lowest BCUT2D eigenvalue weighted by Gasteiger charge is -2.07. The Morgan fingerprint density at radius 3 is 2.56 bits per heavy atom. The molecule has 6 heteroatoms. The van der Waals surface area contributed by atoms with Crippen LogP contribution in [-0.2, 0) is 9.59 Å². The number of halogens is 1. The zero-order chi connectivity index (χ0) is 13.7. The highest BCUT2D eigenvalue weighted by Crippen LogP contribution is 2.27. The normalized spacial score (nSPS) is 11.1. The Morgan fingerprint density at radius 1 is 1.39 bits per heavy atom. The van der Waals surface area contributed by atoms with Crippen LogP contribution in [0.4, 0.5) is 0 Å². The van der Waals surface area contributed by atoms with Crippen LogP contribution in [0.1, 0.15) is 12.5 Å². The number of ketones is 1. The maximum Gasteiger partial charge on any atom is 0.376 e. The monoisotopic (exact) mass is 270 g/mol. The van der Waals surface area contributed by atoms with E-state index >= 15 is 0 Å². The molecule has 1 rings (SSSR count). The van der Waals surface area contributed by atoms with Crippen molar-refractivity contribution in [2.75, 3.05) is 6.61 Å². The summed E-state index contributed by atoms with van der Waals surface area (Å²) in [7, 11) is 0. The Hall–Kier alpha value is -2.01. The smallest absolute Gasteiger partial charge is 0.376 e. The molecular formula is C12H11ClO5. The number of aliphatic carboxylic acids is 1. The molecule has 0 fully saturated rings. The van der Waals surface area contributed by atoms with Gasteiger partial charge >= 0.3 is 5.97 Å². The van der Waals surface area contributed by atoms with Crippen molar-refractivity contribution in [1.82, 2.24) is 0 Å². The minimum absolute atomic E-state index is 0.234. The molecule has 0 aromatic heterocycles. The van der Waals surface area contributed by atoms with Crippen molar-refractivity contribution < 1.29 is 24.5 Å². The van der Waals surface area contributed by atoms with E-state index in [2.05, 4.69) is 0 Å². The molecule has 0 amide bonds. The summed E-state index contributed by atoms with van der Waals surface area (Å²) >= 11 is 5.89. The number of benzene rings is 1. The number of aliphatic hydroxyl groups is 1. The third-order valence-electron chi connectivity index (χ3n) is 2.01. The fourth-order valence-electron chi connectivity index (χ4n) is 1.20. The molecule has 0 atom stereocenters. The second kappa shape index (κ2) is 6.07. The highest BCUT2D eigenvalue weighted by Gasteiger charge is 2.11. The molecule has 0 unspecified atom stereocenters. The van der Waals surface area contributed by atoms with Crippen LogP contribution in [0.25, 0.3) is 5.76 Å². The summed E-state index contributed by atoms with van der Waals surface area (Å²) in [6.07, 6.45) is 0.619. The predicted octanol–water partition coefficient (Wildman–Crippen LogP) is 2.29. The number of carboxylic acid groups (broad SMARTS) is 1. The van der Waals surface area contributed by atoms with E-state index in [0.717, 1.165) is 0 Å². The first-order chi connectivity index (χ1) is 8.45. The molecule has 1 aromatic rings. The van der Waals surface area contributed by atoms with Crippen molar-refractivity contribution in [2.24, 2.45) is 0 Å². The highest BCUT2D eigenvalue weighted by atomic mass is 35.5. The minimum atomic E-state index is -1.64. The van der Waals surface area contributed by atoms with Crippen LogP contribution >= 0.6 is 11.6 Å². The molecule has 0 aliphatic heterocycles. The quantitative estimate of drug-likeness (QED) is 0.487. The topological polar surface area (TPSA) is 83.8 Å². The first-order valence-electron chi connectivity index (χ1n) is 5.06. The van der Waals surface area contributed by atoms with Gasteiger partial charge in [-0.1, -0.05) is 11.6 Å². The molecule has 0 spiro atoms. The molecule has 1 aromatic carbocycles. The first-order valence-corrected chi connectivity index (χ1v) is 5.44. The summed E-state index contributed by atoms with van der Waals surface area (Å²) in [5.41, 5.74) is 0.234. The molecule has 0 radical (unpaired) electrons. The van der Waals surface area contributed by atoms with Gasteiger partial charge in [-0.25, -0.2) is 4.79 Å². The Balaban J connectivity index is 3.01. The number of hydrogen-bond acceptors (Lipinski definition) is 4. The maximum absolute atomic E-state index is 10.9. The van der Waals surface area contributed by atoms with Crippen molar-refractivity contribution in [3.05, 3.63) is 34.9 Å². The fraction of sp³-hybridized carbons (Fsp3) is 0.167. The van der Waals surface area contributed by atoms with E-state index in [9.17, 15) is 14.7 Å². The fourth-order valence-corrected chi connectivity index (χ4v) is 1.44. The van der Waals surface area contributed by atoms with Gasteiger partial charge in [-0.2, -0.15) is 0 Å². The Kier molecular flexibility index (Phi) is 4.74. The van der Waals surface area contributed by atoms with Gasteiger partial charge in [0.2, 0.25) is 0 Å². The highest BCUT2D eigenvalue weighted by molar-refractivity contribution is 6.38. The number of carbonyl (C=O) groups excluding carboxylic acids is 1. The summed E-state index contributed by atoms with van der Waals surface area (Å²) < 4.78 is 5.20. The van der Waals surface area contributed by atoms with E-state index in [0.29, 0.717) is 18.4 Å². The number of carboxylic acids is 1. The maximum atomic E-state index is 10.9. The first kappa shape index (κ1) is 14.1. The Labute approximate surface area is 108 Å². The van der Waals surface area contributed by atoms with Gasteiger partial charge in [0.05, 0.1) is 11.6 Å². The lowest BCUT2D eigenvalue weighted by Crippen LogP contribution is -2.09. The van der Waals surface area contributed by atoms with E-state index in [1.807, 2.05) is 0 Å². The van der Waals surface area contributed by atoms with Gasteiger partial charge in [-0.05, 0) is 25.1 Å². The molecule has 0 bridgehead atoms. The molecule has 0 saturated carbocycles. The van der Waals surface area contributed by atoms with Gasteiger partial charge in [0.25, 0.3) is 5.78 Å². The van der Waals surface area contributed by atoms with Crippen molar-refractivity contribution in [1.29, 1.82) is 0 Å². The van der Waals surface area contributed by atoms with Crippen molar-refractivity contribution in [3.8, 4) is 5.75 Å². The van der Waals surface area contributed by atoms with Crippen LogP contribution in [0.15, 0.2) is 24.3 Å². The number of hydrogen-bond donors (Lipinski definition) is 2. The molecule has 0 aliphatic carbocycles. The molecule has 0 aliphatic rings.